The van der Waals surface area contributed by atoms with Crippen molar-refractivity contribution in [3.05, 3.63) is 66.2 Å². The van der Waals surface area contributed by atoms with Crippen LogP contribution in [0.3, 0.4) is 0 Å². The third kappa shape index (κ3) is 4.08. The van der Waals surface area contributed by atoms with Gasteiger partial charge < -0.3 is 9.47 Å². The molecule has 0 saturated carbocycles. The maximum atomic E-state index is 5.29. The quantitative estimate of drug-likeness (QED) is 0.500. The fourth-order valence-electron chi connectivity index (χ4n) is 2.78. The molecule has 26 heavy (non-hydrogen) atoms. The van der Waals surface area contributed by atoms with Gasteiger partial charge in [0.05, 0.1) is 14.2 Å². The van der Waals surface area contributed by atoms with Crippen molar-refractivity contribution < 1.29 is 9.47 Å². The van der Waals surface area contributed by atoms with E-state index in [9.17, 15) is 0 Å². The smallest absolute Gasteiger partial charge is 0.118 e. The Kier molecular flexibility index (Phi) is 5.34. The Labute approximate surface area is 157 Å². The minimum atomic E-state index is 0.0887. The number of methoxy groups -OCH3 is 2. The lowest BCUT2D eigenvalue weighted by atomic mass is 9.87. The zero-order chi connectivity index (χ0) is 18.7. The van der Waals surface area contributed by atoms with Gasteiger partial charge in [-0.1, -0.05) is 53.2 Å². The van der Waals surface area contributed by atoms with Gasteiger partial charge in [-0.25, -0.2) is 0 Å². The van der Waals surface area contributed by atoms with Crippen molar-refractivity contribution in [3.8, 4) is 33.2 Å². The number of hydrogen-bond acceptors (Lipinski definition) is 2. The topological polar surface area (TPSA) is 18.5 Å². The molecular formula is C23H25O2P. The predicted molar refractivity (Wildman–Crippen MR) is 112 cm³/mol. The highest BCUT2D eigenvalue weighted by atomic mass is 31.0. The molecular weight excluding hydrogens is 339 g/mol. The second kappa shape index (κ2) is 7.51. The lowest BCUT2D eigenvalue weighted by molar-refractivity contribution is 0.415. The fourth-order valence-corrected chi connectivity index (χ4v) is 4.01. The van der Waals surface area contributed by atoms with Gasteiger partial charge in [-0.05, 0) is 58.5 Å². The summed E-state index contributed by atoms with van der Waals surface area (Å²) in [5, 5.41) is 2.62. The molecule has 0 bridgehead atoms. The Morgan fingerprint density at radius 2 is 1.04 bits per heavy atom. The summed E-state index contributed by atoms with van der Waals surface area (Å²) >= 11 is 0. The molecule has 0 atom stereocenters. The van der Waals surface area contributed by atoms with Crippen LogP contribution < -0.4 is 9.47 Å². The van der Waals surface area contributed by atoms with Gasteiger partial charge in [0.25, 0.3) is 0 Å². The average molecular weight is 364 g/mol. The number of ether oxygens (including phenoxy) is 2. The molecule has 0 aliphatic heterocycles. The van der Waals surface area contributed by atoms with E-state index in [-0.39, 0.29) is 5.41 Å². The third-order valence-electron chi connectivity index (χ3n) is 4.46. The van der Waals surface area contributed by atoms with Crippen molar-refractivity contribution in [2.24, 2.45) is 0 Å². The van der Waals surface area contributed by atoms with Crippen molar-refractivity contribution in [2.45, 2.75) is 26.2 Å². The summed E-state index contributed by atoms with van der Waals surface area (Å²) in [6.07, 6.45) is 0. The Morgan fingerprint density at radius 3 is 1.35 bits per heavy atom. The summed E-state index contributed by atoms with van der Waals surface area (Å²) in [5.41, 5.74) is 3.89. The van der Waals surface area contributed by atoms with E-state index in [0.717, 1.165) is 11.5 Å². The minimum absolute atomic E-state index is 0.0887. The van der Waals surface area contributed by atoms with Gasteiger partial charge in [-0.15, -0.1) is 0 Å². The molecule has 0 saturated heterocycles. The molecule has 0 unspecified atom stereocenters. The monoisotopic (exact) mass is 364 g/mol. The van der Waals surface area contributed by atoms with Crippen LogP contribution in [0.1, 0.15) is 26.3 Å². The molecule has 0 spiro atoms. The van der Waals surface area contributed by atoms with E-state index in [2.05, 4.69) is 57.2 Å². The molecule has 134 valence electrons. The lowest BCUT2D eigenvalue weighted by Crippen LogP contribution is -2.10. The van der Waals surface area contributed by atoms with Gasteiger partial charge in [0.1, 0.15) is 11.5 Å². The van der Waals surface area contributed by atoms with Gasteiger partial charge in [-0.2, -0.15) is 0 Å². The summed E-state index contributed by atoms with van der Waals surface area (Å²) in [6, 6.07) is 21.3. The van der Waals surface area contributed by atoms with Gasteiger partial charge in [-0.3, -0.25) is 0 Å². The van der Waals surface area contributed by atoms with E-state index in [1.54, 1.807) is 14.2 Å². The summed E-state index contributed by atoms with van der Waals surface area (Å²) in [4.78, 5) is 0. The standard InChI is InChI=1S/C23H25O2P/c1-23(2,3)18-14-21(16-6-10-19(24-4)11-7-16)26-22(15-18)17-8-12-20(25-5)13-9-17/h6-15H,1-5H3. The molecule has 0 radical (unpaired) electrons. The minimum Gasteiger partial charge on any atom is -0.497 e. The van der Waals surface area contributed by atoms with Crippen molar-refractivity contribution in [1.29, 1.82) is 0 Å². The number of hydrogen-bond donors (Lipinski definition) is 0. The Balaban J connectivity index is 2.11. The summed E-state index contributed by atoms with van der Waals surface area (Å²) in [5.74, 6) is 1.76. The second-order valence-electron chi connectivity index (χ2n) is 7.33. The molecule has 0 amide bonds. The van der Waals surface area contributed by atoms with Crippen LogP contribution >= 0.6 is 8.19 Å². The molecule has 3 aromatic rings. The van der Waals surface area contributed by atoms with Crippen LogP contribution in [0.25, 0.3) is 21.7 Å². The first kappa shape index (κ1) is 18.5. The fraction of sp³-hybridized carbons (Fsp3) is 0.261. The first-order valence-electron chi connectivity index (χ1n) is 8.72. The van der Waals surface area contributed by atoms with E-state index in [4.69, 9.17) is 9.47 Å². The van der Waals surface area contributed by atoms with Crippen LogP contribution in [0.2, 0.25) is 0 Å². The molecule has 3 heteroatoms. The maximum absolute atomic E-state index is 5.29. The van der Waals surface area contributed by atoms with E-state index in [1.165, 1.54) is 35.5 Å². The number of rotatable bonds is 4. The highest BCUT2D eigenvalue weighted by molar-refractivity contribution is 7.37. The van der Waals surface area contributed by atoms with E-state index in [1.807, 2.05) is 24.3 Å². The van der Waals surface area contributed by atoms with Gasteiger partial charge in [0.2, 0.25) is 0 Å². The van der Waals surface area contributed by atoms with Crippen LogP contribution in [0.15, 0.2) is 60.7 Å². The van der Waals surface area contributed by atoms with Crippen LogP contribution in [0, 0.1) is 0 Å². The molecule has 2 aromatic carbocycles. The molecule has 1 aromatic heterocycles. The van der Waals surface area contributed by atoms with E-state index >= 15 is 0 Å². The maximum Gasteiger partial charge on any atom is 0.118 e. The second-order valence-corrected chi connectivity index (χ2v) is 8.52. The first-order valence-corrected chi connectivity index (χ1v) is 9.61. The lowest BCUT2D eigenvalue weighted by Gasteiger charge is -2.21. The highest BCUT2D eigenvalue weighted by Crippen LogP contribution is 2.41. The molecule has 2 nitrogen and oxygen atoms in total. The summed E-state index contributed by atoms with van der Waals surface area (Å²) < 4.78 is 10.6. The Morgan fingerprint density at radius 1 is 0.654 bits per heavy atom. The van der Waals surface area contributed by atoms with Crippen LogP contribution in [-0.4, -0.2) is 14.2 Å². The van der Waals surface area contributed by atoms with Gasteiger partial charge in [0, 0.05) is 10.6 Å². The molecule has 0 N–H and O–H groups in total. The van der Waals surface area contributed by atoms with Crippen molar-refractivity contribution in [1.82, 2.24) is 0 Å². The molecule has 0 aliphatic rings. The molecule has 0 fully saturated rings. The van der Waals surface area contributed by atoms with Crippen molar-refractivity contribution in [2.75, 3.05) is 14.2 Å². The average Bonchev–Trinajstić information content (AvgIpc) is 2.67. The normalized spacial score (nSPS) is 11.3. The summed E-state index contributed by atoms with van der Waals surface area (Å²) in [6.45, 7) is 6.78. The SMILES string of the molecule is COc1ccc(-c2cc(C(C)(C)C)cc(-c3ccc(OC)cc3)p2)cc1. The van der Waals surface area contributed by atoms with Crippen LogP contribution in [0.5, 0.6) is 11.5 Å². The first-order chi connectivity index (χ1) is 12.4. The van der Waals surface area contributed by atoms with Crippen LogP contribution in [0.4, 0.5) is 0 Å². The molecule has 0 aliphatic carbocycles. The van der Waals surface area contributed by atoms with E-state index in [0.29, 0.717) is 0 Å². The zero-order valence-electron chi connectivity index (χ0n) is 16.0. The molecule has 1 heterocycles. The molecule has 3 rings (SSSR count). The van der Waals surface area contributed by atoms with Crippen molar-refractivity contribution >= 4 is 8.19 Å². The Bertz CT molecular complexity index is 810. The van der Waals surface area contributed by atoms with Crippen LogP contribution in [-0.2, 0) is 5.41 Å². The number of benzene rings is 2. The van der Waals surface area contributed by atoms with Crippen molar-refractivity contribution in [3.63, 3.8) is 0 Å². The largest absolute Gasteiger partial charge is 0.497 e. The van der Waals surface area contributed by atoms with E-state index < -0.39 is 0 Å². The van der Waals surface area contributed by atoms with Gasteiger partial charge in [0.15, 0.2) is 0 Å². The van der Waals surface area contributed by atoms with Gasteiger partial charge >= 0.3 is 0 Å². The predicted octanol–water partition coefficient (Wildman–Crippen LogP) is 6.92. The third-order valence-corrected chi connectivity index (χ3v) is 5.72. The highest BCUT2D eigenvalue weighted by Gasteiger charge is 2.17. The zero-order valence-corrected chi connectivity index (χ0v) is 16.9. The summed E-state index contributed by atoms with van der Waals surface area (Å²) in [7, 11) is 4.61. The Hall–Kier alpha value is -2.31.